The van der Waals surface area contributed by atoms with E-state index in [-0.39, 0.29) is 12.8 Å². The molecule has 0 saturated heterocycles. The first-order chi connectivity index (χ1) is 19.8. The molecule has 3 rings (SSSR count). The Labute approximate surface area is 252 Å². The maximum absolute atomic E-state index is 13.5. The summed E-state index contributed by atoms with van der Waals surface area (Å²) in [6, 6.07) is 17.5. The van der Waals surface area contributed by atoms with E-state index in [0.717, 1.165) is 11.1 Å². The topological polar surface area (TPSA) is 84.5 Å². The molecule has 3 atom stereocenters. The fourth-order valence-electron chi connectivity index (χ4n) is 4.43. The fraction of sp³-hybridized carbons (Fsp3) is 0.323. The minimum Gasteiger partial charge on any atom is -0.497 e. The quantitative estimate of drug-likeness (QED) is 0.241. The molecule has 2 N–H and O–H groups in total. The summed E-state index contributed by atoms with van der Waals surface area (Å²) in [5.74, 6) is -4.16. The van der Waals surface area contributed by atoms with Gasteiger partial charge in [-0.25, -0.2) is 0 Å². The molecule has 0 aliphatic carbocycles. The van der Waals surface area contributed by atoms with E-state index in [2.05, 4.69) is 10.6 Å². The van der Waals surface area contributed by atoms with Crippen molar-refractivity contribution in [2.24, 2.45) is 5.92 Å². The van der Waals surface area contributed by atoms with Crippen molar-refractivity contribution in [3.63, 3.8) is 0 Å². The minimum atomic E-state index is -5.14. The number of hydrogen-bond donors (Lipinski definition) is 2. The van der Waals surface area contributed by atoms with Gasteiger partial charge in [0.1, 0.15) is 11.8 Å². The van der Waals surface area contributed by atoms with Crippen LogP contribution in [-0.4, -0.2) is 43.0 Å². The zero-order valence-corrected chi connectivity index (χ0v) is 24.7. The van der Waals surface area contributed by atoms with Gasteiger partial charge in [-0.2, -0.15) is 13.2 Å². The van der Waals surface area contributed by atoms with Crippen molar-refractivity contribution < 1.29 is 32.3 Å². The van der Waals surface area contributed by atoms with E-state index in [1.165, 1.54) is 21.0 Å². The van der Waals surface area contributed by atoms with Crippen LogP contribution in [0.5, 0.6) is 5.75 Å². The standard InChI is InChI=1S/C31H31Cl2F3N2O4/c1-18(2)28(29(40)31(34,35)36)38-30(41)26(16-19-4-10-22(32)11-5-19)37-27(39)17-25(20-6-12-23(33)13-7-20)21-8-14-24(42-3)15-9-21/h4-15,18,25-26,28H,16-17H2,1-3H3,(H,37,39)(H,38,41)/t25?,26?,28-/m0/s1. The molecule has 3 aromatic carbocycles. The molecule has 6 nitrogen and oxygen atoms in total. The zero-order valence-electron chi connectivity index (χ0n) is 23.2. The average molecular weight is 623 g/mol. The van der Waals surface area contributed by atoms with E-state index in [1.54, 1.807) is 60.7 Å². The van der Waals surface area contributed by atoms with Gasteiger partial charge >= 0.3 is 6.18 Å². The van der Waals surface area contributed by atoms with Gasteiger partial charge in [0, 0.05) is 28.8 Å². The Morgan fingerprint density at radius 2 is 1.31 bits per heavy atom. The maximum Gasteiger partial charge on any atom is 0.452 e. The van der Waals surface area contributed by atoms with Crippen LogP contribution < -0.4 is 15.4 Å². The Morgan fingerprint density at radius 3 is 1.79 bits per heavy atom. The lowest BCUT2D eigenvalue weighted by Gasteiger charge is -2.26. The first kappa shape index (κ1) is 32.9. The first-order valence-electron chi connectivity index (χ1n) is 13.1. The highest BCUT2D eigenvalue weighted by Gasteiger charge is 2.45. The third-order valence-electron chi connectivity index (χ3n) is 6.71. The first-order valence-corrected chi connectivity index (χ1v) is 13.9. The number of Topliss-reactive ketones (excluding diaryl/α,β-unsaturated/α-hetero) is 1. The summed E-state index contributed by atoms with van der Waals surface area (Å²) in [6.07, 6.45) is -5.28. The van der Waals surface area contributed by atoms with Gasteiger partial charge in [-0.15, -0.1) is 0 Å². The zero-order chi connectivity index (χ0) is 31.0. The van der Waals surface area contributed by atoms with Gasteiger partial charge in [-0.05, 0) is 59.0 Å². The van der Waals surface area contributed by atoms with E-state index >= 15 is 0 Å². The van der Waals surface area contributed by atoms with Gasteiger partial charge in [-0.1, -0.05) is 73.4 Å². The van der Waals surface area contributed by atoms with Gasteiger partial charge in [0.25, 0.3) is 5.78 Å². The lowest BCUT2D eigenvalue weighted by atomic mass is 9.88. The highest BCUT2D eigenvalue weighted by Crippen LogP contribution is 2.30. The summed E-state index contributed by atoms with van der Waals surface area (Å²) in [5.41, 5.74) is 2.18. The molecule has 2 unspecified atom stereocenters. The second-order valence-electron chi connectivity index (χ2n) is 10.1. The van der Waals surface area contributed by atoms with Crippen molar-refractivity contribution >= 4 is 40.8 Å². The molecule has 0 radical (unpaired) electrons. The molecule has 2 amide bonds. The van der Waals surface area contributed by atoms with Crippen molar-refractivity contribution in [1.29, 1.82) is 0 Å². The molecule has 0 fully saturated rings. The summed E-state index contributed by atoms with van der Waals surface area (Å²) in [5, 5.41) is 5.86. The predicted molar refractivity (Wildman–Crippen MR) is 156 cm³/mol. The summed E-state index contributed by atoms with van der Waals surface area (Å²) in [4.78, 5) is 38.8. The van der Waals surface area contributed by atoms with Crippen LogP contribution in [0.3, 0.4) is 0 Å². The molecule has 0 aliphatic rings. The molecule has 0 bridgehead atoms. The summed E-state index contributed by atoms with van der Waals surface area (Å²) < 4.78 is 45.0. The van der Waals surface area contributed by atoms with Crippen LogP contribution in [0, 0.1) is 5.92 Å². The molecule has 224 valence electrons. The second kappa shape index (κ2) is 14.6. The summed E-state index contributed by atoms with van der Waals surface area (Å²) in [6.45, 7) is 2.79. The van der Waals surface area contributed by atoms with E-state index in [9.17, 15) is 27.6 Å². The van der Waals surface area contributed by atoms with E-state index in [0.29, 0.717) is 21.4 Å². The molecule has 0 saturated carbocycles. The number of alkyl halides is 3. The summed E-state index contributed by atoms with van der Waals surface area (Å²) >= 11 is 12.0. The van der Waals surface area contributed by atoms with Crippen molar-refractivity contribution in [3.8, 4) is 5.75 Å². The van der Waals surface area contributed by atoms with Gasteiger partial charge in [0.2, 0.25) is 11.8 Å². The molecule has 0 heterocycles. The smallest absolute Gasteiger partial charge is 0.452 e. The van der Waals surface area contributed by atoms with Crippen molar-refractivity contribution in [3.05, 3.63) is 99.5 Å². The van der Waals surface area contributed by atoms with Gasteiger partial charge in [0.15, 0.2) is 0 Å². The van der Waals surface area contributed by atoms with Crippen LogP contribution in [0.2, 0.25) is 10.0 Å². The molecular weight excluding hydrogens is 592 g/mol. The molecule has 0 aliphatic heterocycles. The molecule has 0 aromatic heterocycles. The number of hydrogen-bond acceptors (Lipinski definition) is 4. The molecule has 11 heteroatoms. The number of ether oxygens (including phenoxy) is 1. The summed E-state index contributed by atoms with van der Waals surface area (Å²) in [7, 11) is 1.54. The number of methoxy groups -OCH3 is 1. The number of nitrogens with one attached hydrogen (secondary N) is 2. The molecule has 0 spiro atoms. The number of carbonyl (C=O) groups excluding carboxylic acids is 3. The van der Waals surface area contributed by atoms with Crippen LogP contribution in [0.15, 0.2) is 72.8 Å². The highest BCUT2D eigenvalue weighted by molar-refractivity contribution is 6.30. The Morgan fingerprint density at radius 1 is 0.810 bits per heavy atom. The Bertz CT molecular complexity index is 1360. The Kier molecular flexibility index (Phi) is 11.4. The lowest BCUT2D eigenvalue weighted by Crippen LogP contribution is -2.56. The van der Waals surface area contributed by atoms with Crippen molar-refractivity contribution in [2.45, 2.75) is 50.9 Å². The fourth-order valence-corrected chi connectivity index (χ4v) is 4.68. The van der Waals surface area contributed by atoms with Gasteiger partial charge < -0.3 is 15.4 Å². The Balaban J connectivity index is 1.89. The van der Waals surface area contributed by atoms with Crippen LogP contribution >= 0.6 is 23.2 Å². The number of carbonyl (C=O) groups is 3. The molecular formula is C31H31Cl2F3N2O4. The molecule has 3 aromatic rings. The Hall–Kier alpha value is -3.56. The van der Waals surface area contributed by atoms with Crippen molar-refractivity contribution in [1.82, 2.24) is 10.6 Å². The van der Waals surface area contributed by atoms with E-state index in [1.807, 2.05) is 12.1 Å². The lowest BCUT2D eigenvalue weighted by molar-refractivity contribution is -0.175. The van der Waals surface area contributed by atoms with Crippen LogP contribution in [0.4, 0.5) is 13.2 Å². The number of amides is 2. The van der Waals surface area contributed by atoms with Gasteiger partial charge in [0.05, 0.1) is 13.2 Å². The SMILES string of the molecule is COc1ccc(C(CC(=O)NC(Cc2ccc(Cl)cc2)C(=O)N[C@H](C(=O)C(F)(F)F)C(C)C)c2ccc(Cl)cc2)cc1. The monoisotopic (exact) mass is 622 g/mol. The third-order valence-corrected chi connectivity index (χ3v) is 7.22. The number of rotatable bonds is 12. The van der Waals surface area contributed by atoms with Crippen LogP contribution in [0.25, 0.3) is 0 Å². The maximum atomic E-state index is 13.5. The highest BCUT2D eigenvalue weighted by atomic mass is 35.5. The largest absolute Gasteiger partial charge is 0.497 e. The minimum absolute atomic E-state index is 0.0477. The van der Waals surface area contributed by atoms with Gasteiger partial charge in [-0.3, -0.25) is 14.4 Å². The van der Waals surface area contributed by atoms with Crippen LogP contribution in [-0.2, 0) is 20.8 Å². The number of benzene rings is 3. The second-order valence-corrected chi connectivity index (χ2v) is 11.0. The number of ketones is 1. The predicted octanol–water partition coefficient (Wildman–Crippen LogP) is 6.52. The van der Waals surface area contributed by atoms with E-state index < -0.39 is 47.7 Å². The van der Waals surface area contributed by atoms with E-state index in [4.69, 9.17) is 27.9 Å². The molecule has 42 heavy (non-hydrogen) atoms. The van der Waals surface area contributed by atoms with Crippen LogP contribution in [0.1, 0.15) is 42.9 Å². The average Bonchev–Trinajstić information content (AvgIpc) is 2.95. The third kappa shape index (κ3) is 9.22. The number of halogens is 5. The van der Waals surface area contributed by atoms with Crippen molar-refractivity contribution in [2.75, 3.05) is 7.11 Å². The normalized spacial score (nSPS) is 13.6.